The molecule has 67 valence electrons. The Hall–Kier alpha value is -0.445. The number of carbonyl (C=O) groups excluding carboxylic acids is 2. The Morgan fingerprint density at radius 1 is 1.58 bits per heavy atom. The molecular weight excluding hydrogens is 175 g/mol. The fourth-order valence-corrected chi connectivity index (χ4v) is 0.756. The van der Waals surface area contributed by atoms with Gasteiger partial charge in [-0.25, -0.2) is 0 Å². The Kier molecular flexibility index (Phi) is 5.89. The first-order chi connectivity index (χ1) is 5.61. The summed E-state index contributed by atoms with van der Waals surface area (Å²) in [7, 11) is 1.75. The largest absolute Gasteiger partial charge is 0.455 e. The molecule has 12 heavy (non-hydrogen) atoms. The van der Waals surface area contributed by atoms with Crippen LogP contribution in [0.2, 0.25) is 12.6 Å². The minimum absolute atomic E-state index is 0.0241. The van der Waals surface area contributed by atoms with E-state index in [1.54, 1.807) is 21.0 Å². The molecule has 0 aliphatic carbocycles. The molecule has 0 saturated carbocycles. The first-order valence-electron chi connectivity index (χ1n) is 3.70. The number of esters is 1. The average Bonchev–Trinajstić information content (AvgIpc) is 2.03. The second-order valence-electron chi connectivity index (χ2n) is 2.41. The van der Waals surface area contributed by atoms with Gasteiger partial charge in [0.05, 0.1) is 0 Å². The van der Waals surface area contributed by atoms with Crippen LogP contribution in [0.25, 0.3) is 0 Å². The van der Waals surface area contributed by atoms with Crippen LogP contribution in [-0.2, 0) is 14.3 Å². The lowest BCUT2D eigenvalue weighted by molar-refractivity contribution is -0.143. The van der Waals surface area contributed by atoms with Crippen molar-refractivity contribution in [2.24, 2.45) is 0 Å². The van der Waals surface area contributed by atoms with Crippen molar-refractivity contribution in [2.75, 3.05) is 5.94 Å². The van der Waals surface area contributed by atoms with Crippen molar-refractivity contribution < 1.29 is 14.3 Å². The van der Waals surface area contributed by atoms with Gasteiger partial charge in [0.1, 0.15) is 25.4 Å². The Balaban J connectivity index is 3.76. The van der Waals surface area contributed by atoms with E-state index in [0.29, 0.717) is 0 Å². The topological polar surface area (TPSA) is 43.4 Å². The van der Waals surface area contributed by atoms with Gasteiger partial charge in [-0.15, -0.1) is 12.6 Å². The van der Waals surface area contributed by atoms with E-state index in [1.165, 1.54) is 0 Å². The molecule has 0 aliphatic heterocycles. The predicted octanol–water partition coefficient (Wildman–Crippen LogP) is 0.937. The van der Waals surface area contributed by atoms with Gasteiger partial charge in [-0.2, -0.15) is 0 Å². The van der Waals surface area contributed by atoms with Gasteiger partial charge in [-0.05, 0) is 5.82 Å². The maximum atomic E-state index is 11.1. The number of carbonyl (C=O) groups is 2. The number of rotatable bonds is 5. The third-order valence-corrected chi connectivity index (χ3v) is 1.68. The number of hydrogen-bond acceptors (Lipinski definition) is 4. The third kappa shape index (κ3) is 4.44. The van der Waals surface area contributed by atoms with Crippen LogP contribution < -0.4 is 0 Å². The number of hydrogen-bond donors (Lipinski definition) is 1. The van der Waals surface area contributed by atoms with Crippen molar-refractivity contribution in [3.8, 4) is 0 Å². The molecule has 0 rings (SSSR count). The van der Waals surface area contributed by atoms with Crippen LogP contribution in [0.4, 0.5) is 0 Å². The summed E-state index contributed by atoms with van der Waals surface area (Å²) in [5, 5.41) is 0. The highest BCUT2D eigenvalue weighted by atomic mass is 32.1. The monoisotopic (exact) mass is 187 g/mol. The van der Waals surface area contributed by atoms with E-state index in [4.69, 9.17) is 0 Å². The van der Waals surface area contributed by atoms with Crippen molar-refractivity contribution in [3.05, 3.63) is 0 Å². The van der Waals surface area contributed by atoms with E-state index in [1.807, 2.05) is 0 Å². The Bertz CT molecular complexity index is 172. The molecule has 0 fully saturated rings. The first-order valence-corrected chi connectivity index (χ1v) is 4.33. The van der Waals surface area contributed by atoms with Crippen molar-refractivity contribution >= 4 is 31.7 Å². The van der Waals surface area contributed by atoms with Crippen LogP contribution >= 0.6 is 12.6 Å². The van der Waals surface area contributed by atoms with Crippen molar-refractivity contribution in [2.45, 2.75) is 26.0 Å². The average molecular weight is 187 g/mol. The number of ether oxygens (including phenoxy) is 1. The Morgan fingerprint density at radius 2 is 2.17 bits per heavy atom. The molecule has 0 aliphatic rings. The van der Waals surface area contributed by atoms with E-state index in [2.05, 4.69) is 17.4 Å². The Labute approximate surface area is 78.5 Å². The van der Waals surface area contributed by atoms with E-state index < -0.39 is 5.97 Å². The summed E-state index contributed by atoms with van der Waals surface area (Å²) in [6.45, 7) is 3.53. The number of ketones is 1. The fraction of sp³-hybridized carbons (Fsp3) is 0.714. The summed E-state index contributed by atoms with van der Waals surface area (Å²) in [6, 6.07) is 0. The molecule has 0 N–H and O–H groups in total. The lowest BCUT2D eigenvalue weighted by Gasteiger charge is -2.05. The van der Waals surface area contributed by atoms with Gasteiger partial charge in [-0.1, -0.05) is 13.7 Å². The van der Waals surface area contributed by atoms with Gasteiger partial charge in [0, 0.05) is 0 Å². The number of Topliss-reactive ketones (excluding diaryl/α,β-unsaturated/α-hetero) is 1. The van der Waals surface area contributed by atoms with Gasteiger partial charge in [0.25, 0.3) is 0 Å². The molecule has 0 heterocycles. The zero-order valence-electron chi connectivity index (χ0n) is 7.24. The maximum Gasteiger partial charge on any atom is 0.314 e. The highest BCUT2D eigenvalue weighted by molar-refractivity contribution is 7.80. The molecule has 1 radical (unpaired) electrons. The minimum Gasteiger partial charge on any atom is -0.455 e. The zero-order valence-corrected chi connectivity index (χ0v) is 8.14. The smallest absolute Gasteiger partial charge is 0.314 e. The molecule has 0 amide bonds. The molecule has 0 aromatic carbocycles. The molecule has 0 saturated heterocycles. The van der Waals surface area contributed by atoms with Crippen molar-refractivity contribution in [1.29, 1.82) is 0 Å². The highest BCUT2D eigenvalue weighted by Gasteiger charge is 2.15. The van der Waals surface area contributed by atoms with Crippen LogP contribution in [0, 0.1) is 0 Å². The second-order valence-corrected chi connectivity index (χ2v) is 2.67. The fourth-order valence-electron chi connectivity index (χ4n) is 0.612. The van der Waals surface area contributed by atoms with Crippen molar-refractivity contribution in [3.63, 3.8) is 0 Å². The standard InChI is InChI=1S/C7H12BO3S/c1-5(8-2)6(9)3-7(10)11-4-12/h5,12H,3-4H2,1-2H3. The molecule has 1 atom stereocenters. The lowest BCUT2D eigenvalue weighted by Crippen LogP contribution is -2.16. The van der Waals surface area contributed by atoms with E-state index >= 15 is 0 Å². The summed E-state index contributed by atoms with van der Waals surface area (Å²) < 4.78 is 4.50. The van der Waals surface area contributed by atoms with Crippen LogP contribution in [-0.4, -0.2) is 25.0 Å². The zero-order chi connectivity index (χ0) is 9.56. The molecule has 0 spiro atoms. The van der Waals surface area contributed by atoms with Crippen LogP contribution in [0.5, 0.6) is 0 Å². The highest BCUT2D eigenvalue weighted by Crippen LogP contribution is 2.06. The van der Waals surface area contributed by atoms with Gasteiger partial charge >= 0.3 is 5.97 Å². The molecule has 0 aromatic heterocycles. The SMILES string of the molecule is C[B]C(C)C(=O)CC(=O)OCS. The van der Waals surface area contributed by atoms with Crippen LogP contribution in [0.15, 0.2) is 0 Å². The maximum absolute atomic E-state index is 11.1. The molecule has 3 nitrogen and oxygen atoms in total. The summed E-state index contributed by atoms with van der Waals surface area (Å²) in [5.41, 5.74) is 0. The van der Waals surface area contributed by atoms with Gasteiger partial charge in [0.15, 0.2) is 0 Å². The van der Waals surface area contributed by atoms with Gasteiger partial charge in [-0.3, -0.25) is 9.59 Å². The molecule has 5 heteroatoms. The molecule has 0 bridgehead atoms. The summed E-state index contributed by atoms with van der Waals surface area (Å²) in [5.74, 6) is -0.790. The molecule has 0 aromatic rings. The van der Waals surface area contributed by atoms with Gasteiger partial charge < -0.3 is 4.74 Å². The first kappa shape index (κ1) is 11.6. The van der Waals surface area contributed by atoms with Crippen LogP contribution in [0.3, 0.4) is 0 Å². The summed E-state index contributed by atoms with van der Waals surface area (Å²) in [6.07, 6.45) is -0.161. The number of thiol groups is 1. The second kappa shape index (κ2) is 6.11. The summed E-state index contributed by atoms with van der Waals surface area (Å²) >= 11 is 3.69. The van der Waals surface area contributed by atoms with Gasteiger partial charge in [0.2, 0.25) is 0 Å². The Morgan fingerprint density at radius 3 is 2.58 bits per heavy atom. The van der Waals surface area contributed by atoms with Crippen molar-refractivity contribution in [1.82, 2.24) is 0 Å². The predicted molar refractivity (Wildman–Crippen MR) is 50.6 cm³/mol. The van der Waals surface area contributed by atoms with E-state index in [9.17, 15) is 9.59 Å². The van der Waals surface area contributed by atoms with E-state index in [-0.39, 0.29) is 24.0 Å². The lowest BCUT2D eigenvalue weighted by atomic mass is 9.65. The molecular formula is C7H12BO3S. The van der Waals surface area contributed by atoms with Crippen LogP contribution in [0.1, 0.15) is 13.3 Å². The third-order valence-electron chi connectivity index (χ3n) is 1.55. The summed E-state index contributed by atoms with van der Waals surface area (Å²) in [4.78, 5) is 21.9. The normalized spacial score (nSPS) is 11.9. The molecule has 1 unspecified atom stereocenters. The quantitative estimate of drug-likeness (QED) is 0.229. The minimum atomic E-state index is -0.510. The van der Waals surface area contributed by atoms with E-state index in [0.717, 1.165) is 0 Å².